The van der Waals surface area contributed by atoms with Gasteiger partial charge in [0.2, 0.25) is 5.91 Å². The van der Waals surface area contributed by atoms with Crippen molar-refractivity contribution in [1.82, 2.24) is 4.98 Å². The molecule has 2 heterocycles. The van der Waals surface area contributed by atoms with Gasteiger partial charge in [0.25, 0.3) is 5.91 Å². The largest absolute Gasteiger partial charge is 0.449 e. The van der Waals surface area contributed by atoms with Crippen molar-refractivity contribution < 1.29 is 19.1 Å². The summed E-state index contributed by atoms with van der Waals surface area (Å²) in [6.45, 7) is 2.92. The molecule has 2 aromatic carbocycles. The molecule has 0 spiro atoms. The number of ether oxygens (including phenoxy) is 1. The van der Waals surface area contributed by atoms with E-state index >= 15 is 0 Å². The summed E-state index contributed by atoms with van der Waals surface area (Å²) in [5.74, 6) is -1.30. The van der Waals surface area contributed by atoms with Crippen LogP contribution in [0.1, 0.15) is 24.2 Å². The van der Waals surface area contributed by atoms with Crippen molar-refractivity contribution in [2.75, 3.05) is 10.6 Å². The molecule has 2 N–H and O–H groups in total. The van der Waals surface area contributed by atoms with E-state index in [4.69, 9.17) is 16.3 Å². The molecule has 1 atom stereocenters. The third-order valence-electron chi connectivity index (χ3n) is 4.89. The van der Waals surface area contributed by atoms with E-state index < -0.39 is 18.0 Å². The van der Waals surface area contributed by atoms with Gasteiger partial charge in [0.1, 0.15) is 0 Å². The highest BCUT2D eigenvalue weighted by atomic mass is 35.5. The summed E-state index contributed by atoms with van der Waals surface area (Å²) >= 11 is 7.43. The summed E-state index contributed by atoms with van der Waals surface area (Å²) in [4.78, 5) is 42.3. The molecule has 4 rings (SSSR count). The molecule has 7 nitrogen and oxygen atoms in total. The van der Waals surface area contributed by atoms with Gasteiger partial charge in [-0.05, 0) is 55.5 Å². The first-order valence-corrected chi connectivity index (χ1v) is 11.5. The second kappa shape index (κ2) is 10.0. The van der Waals surface area contributed by atoms with Gasteiger partial charge in [-0.1, -0.05) is 29.8 Å². The Morgan fingerprint density at radius 1 is 0.971 bits per heavy atom. The molecule has 2 aromatic heterocycles. The average molecular weight is 494 g/mol. The second-order valence-electron chi connectivity index (χ2n) is 7.47. The molecule has 0 saturated carbocycles. The van der Waals surface area contributed by atoms with Gasteiger partial charge in [-0.3, -0.25) is 9.59 Å². The third kappa shape index (κ3) is 5.41. The minimum Gasteiger partial charge on any atom is -0.449 e. The van der Waals surface area contributed by atoms with Gasteiger partial charge in [0, 0.05) is 23.7 Å². The number of hydrogen-bond donors (Lipinski definition) is 2. The molecule has 0 bridgehead atoms. The molecule has 0 radical (unpaired) electrons. The molecule has 9 heteroatoms. The fourth-order valence-electron chi connectivity index (χ4n) is 3.28. The Balaban J connectivity index is 1.52. The number of nitrogens with one attached hydrogen (secondary N) is 2. The maximum absolute atomic E-state index is 13.1. The third-order valence-corrected chi connectivity index (χ3v) is 6.14. The van der Waals surface area contributed by atoms with Gasteiger partial charge < -0.3 is 15.4 Å². The average Bonchev–Trinajstić information content (AvgIpc) is 3.25. The van der Waals surface area contributed by atoms with Crippen LogP contribution in [0.4, 0.5) is 11.4 Å². The minimum absolute atomic E-state index is 0.189. The topological polar surface area (TPSA) is 97.4 Å². The smallest absolute Gasteiger partial charge is 0.339 e. The number of nitrogens with zero attached hydrogens (tertiary/aromatic N) is 1. The molecule has 0 aliphatic rings. The molecule has 2 amide bonds. The van der Waals surface area contributed by atoms with E-state index in [2.05, 4.69) is 15.6 Å². The summed E-state index contributed by atoms with van der Waals surface area (Å²) in [6.07, 6.45) is -1.05. The maximum atomic E-state index is 13.1. The number of amides is 2. The Labute approximate surface area is 204 Å². The molecular weight excluding hydrogens is 474 g/mol. The first-order valence-electron chi connectivity index (χ1n) is 10.3. The fourth-order valence-corrected chi connectivity index (χ4v) is 4.29. The number of aromatic nitrogens is 1. The van der Waals surface area contributed by atoms with Crippen LogP contribution in [0.15, 0.2) is 66.7 Å². The number of para-hydroxylation sites is 1. The van der Waals surface area contributed by atoms with E-state index in [1.807, 2.05) is 24.3 Å². The number of fused-ring (bicyclic) bond motifs is 1. The van der Waals surface area contributed by atoms with E-state index in [9.17, 15) is 14.4 Å². The van der Waals surface area contributed by atoms with Crippen LogP contribution in [-0.4, -0.2) is 28.9 Å². The Hall–Kier alpha value is -3.75. The first kappa shape index (κ1) is 23.4. The van der Waals surface area contributed by atoms with Crippen molar-refractivity contribution in [3.05, 3.63) is 76.6 Å². The van der Waals surface area contributed by atoms with Crippen LogP contribution in [0.3, 0.4) is 0 Å². The molecule has 0 saturated heterocycles. The standard InChI is InChI=1S/C25H20ClN3O4S/c1-14(24(31)28-17-9-7-16(8-10-17)27-15(2)30)33-25(32)19-13-21(22-11-12-23(26)34-22)29-20-6-4-3-5-18(19)20/h3-14H,1-2H3,(H,27,30)(H,28,31)/t14-/m1/s1. The van der Waals surface area contributed by atoms with Crippen molar-refractivity contribution in [2.24, 2.45) is 0 Å². The Kier molecular flexibility index (Phi) is 6.90. The Morgan fingerprint density at radius 3 is 2.29 bits per heavy atom. The van der Waals surface area contributed by atoms with E-state index in [1.165, 1.54) is 25.2 Å². The summed E-state index contributed by atoms with van der Waals surface area (Å²) < 4.78 is 6.11. The number of pyridine rings is 1. The number of hydrogen-bond acceptors (Lipinski definition) is 6. The molecular formula is C25H20ClN3O4S. The van der Waals surface area contributed by atoms with Gasteiger partial charge in [-0.15, -0.1) is 11.3 Å². The van der Waals surface area contributed by atoms with Crippen molar-refractivity contribution >= 4 is 63.0 Å². The Morgan fingerprint density at radius 2 is 1.65 bits per heavy atom. The number of rotatable bonds is 6. The van der Waals surface area contributed by atoms with Gasteiger partial charge >= 0.3 is 5.97 Å². The molecule has 0 fully saturated rings. The van der Waals surface area contributed by atoms with Gasteiger partial charge in [0.15, 0.2) is 6.10 Å². The maximum Gasteiger partial charge on any atom is 0.339 e. The van der Waals surface area contributed by atoms with Crippen molar-refractivity contribution in [2.45, 2.75) is 20.0 Å². The highest BCUT2D eigenvalue weighted by molar-refractivity contribution is 7.19. The quantitative estimate of drug-likeness (QED) is 0.333. The number of anilines is 2. The number of carbonyl (C=O) groups excluding carboxylic acids is 3. The number of esters is 1. The molecule has 172 valence electrons. The zero-order valence-corrected chi connectivity index (χ0v) is 19.9. The first-order chi connectivity index (χ1) is 16.3. The van der Waals surface area contributed by atoms with Crippen molar-refractivity contribution in [3.63, 3.8) is 0 Å². The van der Waals surface area contributed by atoms with Crippen LogP contribution >= 0.6 is 22.9 Å². The van der Waals surface area contributed by atoms with Crippen LogP contribution in [0.5, 0.6) is 0 Å². The number of thiophene rings is 1. The van der Waals surface area contributed by atoms with Crippen LogP contribution in [0.2, 0.25) is 4.34 Å². The zero-order chi connectivity index (χ0) is 24.2. The van der Waals surface area contributed by atoms with Crippen LogP contribution in [0.25, 0.3) is 21.5 Å². The monoisotopic (exact) mass is 493 g/mol. The second-order valence-corrected chi connectivity index (χ2v) is 9.19. The molecule has 0 unspecified atom stereocenters. The SMILES string of the molecule is CC(=O)Nc1ccc(NC(=O)[C@@H](C)OC(=O)c2cc(-c3ccc(Cl)s3)nc3ccccc23)cc1. The van der Waals surface area contributed by atoms with Gasteiger partial charge in [0.05, 0.1) is 26.0 Å². The summed E-state index contributed by atoms with van der Waals surface area (Å²) in [7, 11) is 0. The fraction of sp³-hybridized carbons (Fsp3) is 0.120. The van der Waals surface area contributed by atoms with Crippen molar-refractivity contribution in [1.29, 1.82) is 0 Å². The predicted molar refractivity (Wildman–Crippen MR) is 134 cm³/mol. The van der Waals surface area contributed by atoms with E-state index in [-0.39, 0.29) is 5.91 Å². The zero-order valence-electron chi connectivity index (χ0n) is 18.3. The highest BCUT2D eigenvalue weighted by Gasteiger charge is 2.22. The highest BCUT2D eigenvalue weighted by Crippen LogP contribution is 2.32. The van der Waals surface area contributed by atoms with Gasteiger partial charge in [-0.25, -0.2) is 9.78 Å². The lowest BCUT2D eigenvalue weighted by atomic mass is 10.1. The molecule has 4 aromatic rings. The summed E-state index contributed by atoms with van der Waals surface area (Å²) in [5.41, 5.74) is 2.65. The van der Waals surface area contributed by atoms with Crippen molar-refractivity contribution in [3.8, 4) is 10.6 Å². The van der Waals surface area contributed by atoms with Crippen LogP contribution in [-0.2, 0) is 14.3 Å². The molecule has 0 aliphatic carbocycles. The van der Waals surface area contributed by atoms with Crippen LogP contribution < -0.4 is 10.6 Å². The lowest BCUT2D eigenvalue weighted by Crippen LogP contribution is -2.30. The number of benzene rings is 2. The summed E-state index contributed by atoms with van der Waals surface area (Å²) in [5, 5.41) is 5.98. The lowest BCUT2D eigenvalue weighted by molar-refractivity contribution is -0.123. The predicted octanol–water partition coefficient (Wildman–Crippen LogP) is 5.76. The van der Waals surface area contributed by atoms with E-state index in [1.54, 1.807) is 42.5 Å². The van der Waals surface area contributed by atoms with Crippen LogP contribution in [0, 0.1) is 0 Å². The normalized spacial score (nSPS) is 11.6. The van der Waals surface area contributed by atoms with E-state index in [0.29, 0.717) is 37.9 Å². The Bertz CT molecular complexity index is 1380. The van der Waals surface area contributed by atoms with E-state index in [0.717, 1.165) is 4.88 Å². The summed E-state index contributed by atoms with van der Waals surface area (Å²) in [6, 6.07) is 19.1. The molecule has 34 heavy (non-hydrogen) atoms. The lowest BCUT2D eigenvalue weighted by Gasteiger charge is -2.15. The minimum atomic E-state index is -1.05. The number of carbonyl (C=O) groups is 3. The molecule has 0 aliphatic heterocycles. The van der Waals surface area contributed by atoms with Gasteiger partial charge in [-0.2, -0.15) is 0 Å². The number of halogens is 1.